The highest BCUT2D eigenvalue weighted by molar-refractivity contribution is 5.97. The molecule has 8 nitrogen and oxygen atoms in total. The number of aryl methyl sites for hydroxylation is 1. The Balaban J connectivity index is 1.35. The number of rotatable bonds is 5. The second-order valence-corrected chi connectivity index (χ2v) is 8.34. The lowest BCUT2D eigenvalue weighted by Gasteiger charge is -2.32. The number of aromatic nitrogens is 2. The largest absolute Gasteiger partial charge is 0.339 e. The Bertz CT molecular complexity index is 1200. The summed E-state index contributed by atoms with van der Waals surface area (Å²) in [6.07, 6.45) is 4.80. The first-order valence-corrected chi connectivity index (χ1v) is 11.2. The minimum atomic E-state index is -0.366. The summed E-state index contributed by atoms with van der Waals surface area (Å²) in [5.41, 5.74) is 4.58. The summed E-state index contributed by atoms with van der Waals surface area (Å²) in [5, 5.41) is 14.6. The standard InChI is InChI=1S/C26H26N6O2/c1-18-2-5-22(14-24(18)31-26(34)29-16-23-8-11-28-17-30-23)25(33)32-12-9-21(10-13-32)20-6-3-19(15-27)4-7-20/h2-8,11,14,17,21H,9-10,12-13,16H2,1H3,(H2,29,31,34). The number of carbonyl (C=O) groups is 2. The third-order valence-corrected chi connectivity index (χ3v) is 6.10. The molecule has 1 aliphatic heterocycles. The number of nitrogens with one attached hydrogen (secondary N) is 2. The van der Waals surface area contributed by atoms with Crippen LogP contribution in [0.25, 0.3) is 0 Å². The molecule has 1 aromatic heterocycles. The number of hydrogen-bond donors (Lipinski definition) is 2. The molecule has 0 unspecified atom stereocenters. The summed E-state index contributed by atoms with van der Waals surface area (Å²) in [4.78, 5) is 35.3. The molecule has 2 heterocycles. The van der Waals surface area contributed by atoms with Crippen LogP contribution in [0.15, 0.2) is 61.1 Å². The number of benzene rings is 2. The number of anilines is 1. The highest BCUT2D eigenvalue weighted by Gasteiger charge is 2.25. The Morgan fingerprint density at radius 3 is 2.56 bits per heavy atom. The van der Waals surface area contributed by atoms with Crippen molar-refractivity contribution < 1.29 is 9.59 Å². The van der Waals surface area contributed by atoms with Crippen molar-refractivity contribution in [2.24, 2.45) is 0 Å². The molecule has 2 N–H and O–H groups in total. The molecular formula is C26H26N6O2. The summed E-state index contributed by atoms with van der Waals surface area (Å²) in [5.74, 6) is 0.341. The Morgan fingerprint density at radius 1 is 1.12 bits per heavy atom. The predicted molar refractivity (Wildman–Crippen MR) is 128 cm³/mol. The summed E-state index contributed by atoms with van der Waals surface area (Å²) in [6.45, 7) is 3.50. The molecule has 4 rings (SSSR count). The molecule has 3 amide bonds. The van der Waals surface area contributed by atoms with E-state index in [-0.39, 0.29) is 18.5 Å². The molecule has 1 saturated heterocycles. The van der Waals surface area contributed by atoms with Gasteiger partial charge in [0.25, 0.3) is 5.91 Å². The average molecular weight is 455 g/mol. The first-order chi connectivity index (χ1) is 16.5. The Kier molecular flexibility index (Phi) is 7.13. The van der Waals surface area contributed by atoms with Crippen LogP contribution in [0.2, 0.25) is 0 Å². The number of nitrogens with zero attached hydrogens (tertiary/aromatic N) is 4. The van der Waals surface area contributed by atoms with Crippen LogP contribution in [0.4, 0.5) is 10.5 Å². The SMILES string of the molecule is Cc1ccc(C(=O)N2CCC(c3ccc(C#N)cc3)CC2)cc1NC(=O)NCc1ccncn1. The molecule has 2 aromatic carbocycles. The summed E-state index contributed by atoms with van der Waals surface area (Å²) >= 11 is 0. The second kappa shape index (κ2) is 10.6. The van der Waals surface area contributed by atoms with Gasteiger partial charge in [-0.2, -0.15) is 5.26 Å². The van der Waals surface area contributed by atoms with E-state index in [1.165, 1.54) is 11.9 Å². The first kappa shape index (κ1) is 22.9. The van der Waals surface area contributed by atoms with Crippen molar-refractivity contribution in [2.45, 2.75) is 32.2 Å². The van der Waals surface area contributed by atoms with Crippen LogP contribution in [0.3, 0.4) is 0 Å². The van der Waals surface area contributed by atoms with Crippen molar-refractivity contribution in [3.63, 3.8) is 0 Å². The van der Waals surface area contributed by atoms with E-state index in [4.69, 9.17) is 5.26 Å². The quantitative estimate of drug-likeness (QED) is 0.605. The first-order valence-electron chi connectivity index (χ1n) is 11.2. The molecule has 0 spiro atoms. The maximum Gasteiger partial charge on any atom is 0.319 e. The third-order valence-electron chi connectivity index (χ3n) is 6.10. The van der Waals surface area contributed by atoms with E-state index in [1.54, 1.807) is 24.4 Å². The lowest BCUT2D eigenvalue weighted by Crippen LogP contribution is -2.38. The molecule has 0 atom stereocenters. The van der Waals surface area contributed by atoms with Crippen LogP contribution in [-0.4, -0.2) is 39.9 Å². The molecule has 0 aliphatic carbocycles. The van der Waals surface area contributed by atoms with Crippen LogP contribution in [0.5, 0.6) is 0 Å². The van der Waals surface area contributed by atoms with Crippen molar-refractivity contribution in [3.05, 3.63) is 89.0 Å². The van der Waals surface area contributed by atoms with Gasteiger partial charge in [-0.3, -0.25) is 4.79 Å². The molecule has 3 aromatic rings. The summed E-state index contributed by atoms with van der Waals surface area (Å²) in [7, 11) is 0. The molecular weight excluding hydrogens is 428 g/mol. The number of urea groups is 1. The van der Waals surface area contributed by atoms with Gasteiger partial charge in [-0.15, -0.1) is 0 Å². The van der Waals surface area contributed by atoms with Gasteiger partial charge in [-0.1, -0.05) is 18.2 Å². The van der Waals surface area contributed by atoms with Gasteiger partial charge >= 0.3 is 6.03 Å². The van der Waals surface area contributed by atoms with Crippen molar-refractivity contribution in [2.75, 3.05) is 18.4 Å². The topological polar surface area (TPSA) is 111 Å². The molecule has 34 heavy (non-hydrogen) atoms. The minimum Gasteiger partial charge on any atom is -0.339 e. The zero-order valence-corrected chi connectivity index (χ0v) is 19.0. The molecule has 0 radical (unpaired) electrons. The number of carbonyl (C=O) groups excluding carboxylic acids is 2. The van der Waals surface area contributed by atoms with E-state index in [0.717, 1.165) is 18.4 Å². The van der Waals surface area contributed by atoms with Crippen LogP contribution in [0, 0.1) is 18.3 Å². The fourth-order valence-electron chi connectivity index (χ4n) is 4.08. The number of amides is 3. The lowest BCUT2D eigenvalue weighted by atomic mass is 9.89. The molecule has 8 heteroatoms. The zero-order valence-electron chi connectivity index (χ0n) is 19.0. The van der Waals surface area contributed by atoms with Crippen LogP contribution in [-0.2, 0) is 6.54 Å². The summed E-state index contributed by atoms with van der Waals surface area (Å²) < 4.78 is 0. The van der Waals surface area contributed by atoms with Gasteiger partial charge in [0.15, 0.2) is 0 Å². The van der Waals surface area contributed by atoms with Gasteiger partial charge in [0.1, 0.15) is 6.33 Å². The maximum absolute atomic E-state index is 13.1. The smallest absolute Gasteiger partial charge is 0.319 e. The molecule has 1 fully saturated rings. The van der Waals surface area contributed by atoms with E-state index in [9.17, 15) is 9.59 Å². The maximum atomic E-state index is 13.1. The predicted octanol–water partition coefficient (Wildman–Crippen LogP) is 4.00. The highest BCUT2D eigenvalue weighted by atomic mass is 16.2. The third kappa shape index (κ3) is 5.56. The Labute approximate surface area is 198 Å². The average Bonchev–Trinajstić information content (AvgIpc) is 2.89. The van der Waals surface area contributed by atoms with Gasteiger partial charge in [0, 0.05) is 30.5 Å². The molecule has 0 bridgehead atoms. The minimum absolute atomic E-state index is 0.0391. The van der Waals surface area contributed by atoms with Crippen molar-refractivity contribution in [1.29, 1.82) is 5.26 Å². The Morgan fingerprint density at radius 2 is 1.88 bits per heavy atom. The number of hydrogen-bond acceptors (Lipinski definition) is 5. The van der Waals surface area contributed by atoms with Gasteiger partial charge in [0.2, 0.25) is 0 Å². The number of likely N-dealkylation sites (tertiary alicyclic amines) is 1. The van der Waals surface area contributed by atoms with Gasteiger partial charge in [-0.05, 0) is 67.1 Å². The fraction of sp³-hybridized carbons (Fsp3) is 0.269. The van der Waals surface area contributed by atoms with E-state index in [2.05, 4.69) is 26.7 Å². The normalized spacial score (nSPS) is 13.7. The van der Waals surface area contributed by atoms with E-state index >= 15 is 0 Å². The zero-order chi connectivity index (χ0) is 23.9. The van der Waals surface area contributed by atoms with Gasteiger partial charge in [-0.25, -0.2) is 14.8 Å². The lowest BCUT2D eigenvalue weighted by molar-refractivity contribution is 0.0713. The van der Waals surface area contributed by atoms with Crippen molar-refractivity contribution in [3.8, 4) is 6.07 Å². The van der Waals surface area contributed by atoms with E-state index in [1.807, 2.05) is 42.2 Å². The highest BCUT2D eigenvalue weighted by Crippen LogP contribution is 2.29. The summed E-state index contributed by atoms with van der Waals surface area (Å²) in [6, 6.07) is 16.6. The van der Waals surface area contributed by atoms with Gasteiger partial charge < -0.3 is 15.5 Å². The van der Waals surface area contributed by atoms with Crippen molar-refractivity contribution >= 4 is 17.6 Å². The van der Waals surface area contributed by atoms with Crippen LogP contribution < -0.4 is 10.6 Å². The van der Waals surface area contributed by atoms with Crippen LogP contribution >= 0.6 is 0 Å². The van der Waals surface area contributed by atoms with Crippen LogP contribution in [0.1, 0.15) is 51.5 Å². The number of nitriles is 1. The van der Waals surface area contributed by atoms with E-state index < -0.39 is 0 Å². The van der Waals surface area contributed by atoms with E-state index in [0.29, 0.717) is 41.5 Å². The second-order valence-electron chi connectivity index (χ2n) is 8.34. The molecule has 0 saturated carbocycles. The fourth-order valence-corrected chi connectivity index (χ4v) is 4.08. The van der Waals surface area contributed by atoms with Gasteiger partial charge in [0.05, 0.1) is 23.9 Å². The Hall–Kier alpha value is -4.25. The molecule has 172 valence electrons. The monoisotopic (exact) mass is 454 g/mol. The molecule has 1 aliphatic rings. The number of piperidine rings is 1. The van der Waals surface area contributed by atoms with Crippen molar-refractivity contribution in [1.82, 2.24) is 20.2 Å².